The van der Waals surface area contributed by atoms with Gasteiger partial charge in [0.05, 0.1) is 18.2 Å². The number of aliphatic carboxylic acids is 2. The number of nitrogens with two attached hydrogens (primary N) is 3. The van der Waals surface area contributed by atoms with Crippen LogP contribution in [0.25, 0.3) is 0 Å². The van der Waals surface area contributed by atoms with Gasteiger partial charge in [-0.05, 0) is 43.7 Å². The van der Waals surface area contributed by atoms with Crippen LogP contribution in [-0.4, -0.2) is 74.2 Å². The van der Waals surface area contributed by atoms with Crippen molar-refractivity contribution in [2.45, 2.75) is 63.5 Å². The van der Waals surface area contributed by atoms with Crippen molar-refractivity contribution in [2.75, 3.05) is 13.1 Å². The normalized spacial score (nSPS) is 23.6. The van der Waals surface area contributed by atoms with Gasteiger partial charge in [-0.1, -0.05) is 32.1 Å². The number of aromatic nitrogens is 1. The summed E-state index contributed by atoms with van der Waals surface area (Å²) < 4.78 is 0. The Bertz CT molecular complexity index is 943. The number of nitrogen functional groups attached to an aromatic ring is 1. The molecule has 1 aliphatic heterocycles. The van der Waals surface area contributed by atoms with Crippen LogP contribution in [0, 0.1) is 17.2 Å². The fraction of sp³-hybridized carbons (Fsp3) is 0.583. The van der Waals surface area contributed by atoms with Crippen LogP contribution in [0.5, 0.6) is 0 Å². The van der Waals surface area contributed by atoms with Crippen LogP contribution in [0.3, 0.4) is 0 Å². The van der Waals surface area contributed by atoms with Gasteiger partial charge in [-0.3, -0.25) is 29.7 Å². The molecular weight excluding hydrogens is 468 g/mol. The van der Waals surface area contributed by atoms with Gasteiger partial charge in [0.2, 0.25) is 5.91 Å². The Morgan fingerprint density at radius 2 is 1.75 bits per heavy atom. The Morgan fingerprint density at radius 3 is 2.19 bits per heavy atom. The number of carbonyl (C=O) groups excluding carboxylic acids is 2. The number of primary amides is 1. The summed E-state index contributed by atoms with van der Waals surface area (Å²) in [5.74, 6) is -3.85. The third kappa shape index (κ3) is 6.43. The molecule has 2 aliphatic rings. The molecule has 12 heteroatoms. The quantitative estimate of drug-likeness (QED) is 0.164. The molecule has 12 nitrogen and oxygen atoms in total. The highest BCUT2D eigenvalue weighted by atomic mass is 16.4. The monoisotopic (exact) mass is 504 g/mol. The molecule has 9 N–H and O–H groups in total. The van der Waals surface area contributed by atoms with Crippen LogP contribution in [0.4, 0.5) is 0 Å². The van der Waals surface area contributed by atoms with Crippen molar-refractivity contribution in [1.82, 2.24) is 9.88 Å². The van der Waals surface area contributed by atoms with E-state index in [-0.39, 0.29) is 17.7 Å². The Balaban J connectivity index is 0.000000319. The van der Waals surface area contributed by atoms with Crippen molar-refractivity contribution < 1.29 is 29.4 Å². The zero-order valence-electron chi connectivity index (χ0n) is 20.5. The molecule has 1 saturated heterocycles. The third-order valence-electron chi connectivity index (χ3n) is 6.96. The summed E-state index contributed by atoms with van der Waals surface area (Å²) in [6.07, 6.45) is 7.60. The molecule has 1 saturated carbocycles. The lowest BCUT2D eigenvalue weighted by molar-refractivity contribution is -0.172. The van der Waals surface area contributed by atoms with Gasteiger partial charge in [0.15, 0.2) is 11.3 Å². The van der Waals surface area contributed by atoms with Crippen LogP contribution >= 0.6 is 0 Å². The number of ketones is 1. The maximum absolute atomic E-state index is 13.0. The maximum Gasteiger partial charge on any atom is 0.332 e. The first-order chi connectivity index (χ1) is 16.9. The molecule has 2 fully saturated rings. The lowest BCUT2D eigenvalue weighted by Gasteiger charge is -2.51. The summed E-state index contributed by atoms with van der Waals surface area (Å²) in [7, 11) is 0. The minimum Gasteiger partial charge on any atom is -0.480 e. The summed E-state index contributed by atoms with van der Waals surface area (Å²) in [4.78, 5) is 52.3. The number of rotatable bonds is 8. The van der Waals surface area contributed by atoms with Crippen LogP contribution < -0.4 is 17.2 Å². The minimum atomic E-state index is -1.81. The van der Waals surface area contributed by atoms with Gasteiger partial charge in [0.1, 0.15) is 11.5 Å². The number of likely N-dealkylation sites (tertiary alicyclic amines) is 1. The Kier molecular flexibility index (Phi) is 10.1. The number of Topliss-reactive ketones (excluding diaryl/α,β-unsaturated/α-hetero) is 1. The number of carboxylic acid groups (broad SMARTS) is 2. The highest BCUT2D eigenvalue weighted by Gasteiger charge is 2.60. The number of amides is 1. The van der Waals surface area contributed by atoms with Gasteiger partial charge in [0, 0.05) is 12.7 Å². The van der Waals surface area contributed by atoms with Crippen molar-refractivity contribution in [3.63, 3.8) is 0 Å². The number of amidine groups is 1. The van der Waals surface area contributed by atoms with Gasteiger partial charge < -0.3 is 27.4 Å². The zero-order valence-corrected chi connectivity index (χ0v) is 20.5. The van der Waals surface area contributed by atoms with Crippen LogP contribution in [0.2, 0.25) is 0 Å². The SMILES string of the molecule is C[C@H](N)C(=O)C1(C(=O)O)C(C2CCCCC2)CCCN1CC(=O)O.N=C(N)c1ccc(C(N)=O)cn1. The summed E-state index contributed by atoms with van der Waals surface area (Å²) in [5.41, 5.74) is 14.7. The molecule has 0 bridgehead atoms. The molecule has 1 aliphatic carbocycles. The topological polar surface area (TPSA) is 227 Å². The number of hydrogen-bond donors (Lipinski definition) is 6. The summed E-state index contributed by atoms with van der Waals surface area (Å²) in [6.45, 7) is 1.33. The second kappa shape index (κ2) is 12.5. The number of nitrogens with one attached hydrogen (secondary N) is 1. The van der Waals surface area contributed by atoms with Gasteiger partial charge in [-0.2, -0.15) is 0 Å². The standard InChI is InChI=1S/C17H28N2O5.C7H8N4O/c1-11(18)15(22)17(16(23)24)13(12-6-3-2-4-7-12)8-5-9-19(17)10-14(20)21;8-6(9)5-2-1-4(3-11-5)7(10)12/h11-13H,2-10,18H2,1H3,(H,20,21)(H,23,24);1-3H,(H3,8,9)(H2,10,12)/t11-,13?,17?;/m0./s1. The molecule has 0 radical (unpaired) electrons. The smallest absolute Gasteiger partial charge is 0.332 e. The van der Waals surface area contributed by atoms with Gasteiger partial charge >= 0.3 is 11.9 Å². The van der Waals surface area contributed by atoms with E-state index in [9.17, 15) is 29.4 Å². The Labute approximate surface area is 209 Å². The Morgan fingerprint density at radius 1 is 1.11 bits per heavy atom. The predicted octanol–water partition coefficient (Wildman–Crippen LogP) is 0.568. The highest BCUT2D eigenvalue weighted by molar-refractivity contribution is 6.10. The number of nitrogens with zero attached hydrogens (tertiary/aromatic N) is 2. The molecular formula is C24H36N6O6. The van der Waals surface area contributed by atoms with E-state index in [2.05, 4.69) is 4.98 Å². The van der Waals surface area contributed by atoms with Gasteiger partial charge in [-0.25, -0.2) is 4.79 Å². The fourth-order valence-corrected chi connectivity index (χ4v) is 5.39. The zero-order chi connectivity index (χ0) is 27.0. The number of hydrogen-bond acceptors (Lipinski definition) is 8. The van der Waals surface area contributed by atoms with E-state index in [1.165, 1.54) is 30.2 Å². The number of carboxylic acids is 2. The largest absolute Gasteiger partial charge is 0.480 e. The van der Waals surface area contributed by atoms with Crippen LogP contribution in [0.1, 0.15) is 67.9 Å². The molecule has 1 aromatic rings. The van der Waals surface area contributed by atoms with Crippen molar-refractivity contribution in [3.8, 4) is 0 Å². The average molecular weight is 505 g/mol. The van der Waals surface area contributed by atoms with Gasteiger partial charge in [-0.15, -0.1) is 0 Å². The molecule has 36 heavy (non-hydrogen) atoms. The first-order valence-corrected chi connectivity index (χ1v) is 12.0. The molecule has 0 spiro atoms. The van der Waals surface area contributed by atoms with E-state index >= 15 is 0 Å². The van der Waals surface area contributed by atoms with E-state index in [4.69, 9.17) is 22.6 Å². The average Bonchev–Trinajstić information content (AvgIpc) is 2.83. The second-order valence-electron chi connectivity index (χ2n) is 9.40. The summed E-state index contributed by atoms with van der Waals surface area (Å²) in [6, 6.07) is 2.01. The van der Waals surface area contributed by atoms with E-state index in [0.717, 1.165) is 32.1 Å². The fourth-order valence-electron chi connectivity index (χ4n) is 5.39. The van der Waals surface area contributed by atoms with E-state index in [1.54, 1.807) is 0 Å². The lowest BCUT2D eigenvalue weighted by atomic mass is 9.63. The maximum atomic E-state index is 13.0. The van der Waals surface area contributed by atoms with Crippen molar-refractivity contribution >= 4 is 29.5 Å². The minimum absolute atomic E-state index is 0.133. The molecule has 1 amide bonds. The van der Waals surface area contributed by atoms with Crippen LogP contribution in [-0.2, 0) is 14.4 Å². The second-order valence-corrected chi connectivity index (χ2v) is 9.40. The van der Waals surface area contributed by atoms with Crippen LogP contribution in [0.15, 0.2) is 18.3 Å². The lowest BCUT2D eigenvalue weighted by Crippen LogP contribution is -2.71. The van der Waals surface area contributed by atoms with Gasteiger partial charge in [0.25, 0.3) is 0 Å². The molecule has 198 valence electrons. The summed E-state index contributed by atoms with van der Waals surface area (Å²) in [5, 5.41) is 26.3. The molecule has 2 heterocycles. The number of carbonyl (C=O) groups is 4. The van der Waals surface area contributed by atoms with Crippen molar-refractivity contribution in [3.05, 3.63) is 29.6 Å². The molecule has 3 atom stereocenters. The van der Waals surface area contributed by atoms with Crippen molar-refractivity contribution in [1.29, 1.82) is 5.41 Å². The number of pyridine rings is 1. The predicted molar refractivity (Wildman–Crippen MR) is 131 cm³/mol. The summed E-state index contributed by atoms with van der Waals surface area (Å²) >= 11 is 0. The third-order valence-corrected chi connectivity index (χ3v) is 6.96. The molecule has 3 rings (SSSR count). The highest BCUT2D eigenvalue weighted by Crippen LogP contribution is 2.45. The van der Waals surface area contributed by atoms with E-state index < -0.39 is 41.8 Å². The molecule has 1 aromatic heterocycles. The first-order valence-electron chi connectivity index (χ1n) is 12.0. The first kappa shape index (κ1) is 28.9. The Hall–Kier alpha value is -3.38. The van der Waals surface area contributed by atoms with E-state index in [1.807, 2.05) is 0 Å². The van der Waals surface area contributed by atoms with Crippen molar-refractivity contribution in [2.24, 2.45) is 29.0 Å². The molecule has 2 unspecified atom stereocenters. The van der Waals surface area contributed by atoms with E-state index in [0.29, 0.717) is 30.6 Å². The number of piperidine rings is 1. The molecule has 0 aromatic carbocycles.